The zero-order valence-electron chi connectivity index (χ0n) is 15.2. The SMILES string of the molecule is COc1ccc(-c2nc(CC(=O)N[C@@H]3CCC[C@@H]3C(=O)O)cs2)cc1OC. The molecule has 1 aliphatic rings. The number of carbonyl (C=O) groups is 2. The highest BCUT2D eigenvalue weighted by Crippen LogP contribution is 2.33. The van der Waals surface area contributed by atoms with E-state index in [0.29, 0.717) is 30.0 Å². The first-order valence-corrected chi connectivity index (χ1v) is 9.58. The molecule has 1 heterocycles. The molecule has 2 atom stereocenters. The first-order chi connectivity index (χ1) is 13.0. The van der Waals surface area contributed by atoms with Crippen molar-refractivity contribution in [3.63, 3.8) is 0 Å². The van der Waals surface area contributed by atoms with E-state index in [1.54, 1.807) is 14.2 Å². The van der Waals surface area contributed by atoms with Crippen LogP contribution in [0.4, 0.5) is 0 Å². The minimum atomic E-state index is -0.845. The molecule has 1 aliphatic carbocycles. The predicted octanol–water partition coefficient (Wildman–Crippen LogP) is 2.74. The van der Waals surface area contributed by atoms with Crippen molar-refractivity contribution >= 4 is 23.2 Å². The number of benzene rings is 1. The summed E-state index contributed by atoms with van der Waals surface area (Å²) in [6, 6.07) is 5.25. The quantitative estimate of drug-likeness (QED) is 0.754. The number of nitrogens with zero attached hydrogens (tertiary/aromatic N) is 1. The molecule has 144 valence electrons. The zero-order valence-corrected chi connectivity index (χ0v) is 16.0. The van der Waals surface area contributed by atoms with Crippen LogP contribution in [-0.4, -0.2) is 42.2 Å². The van der Waals surface area contributed by atoms with Crippen molar-refractivity contribution in [1.29, 1.82) is 0 Å². The van der Waals surface area contributed by atoms with Gasteiger partial charge in [-0.3, -0.25) is 9.59 Å². The van der Waals surface area contributed by atoms with Crippen LogP contribution in [0.25, 0.3) is 10.6 Å². The molecule has 0 aliphatic heterocycles. The minimum Gasteiger partial charge on any atom is -0.493 e. The van der Waals surface area contributed by atoms with Crippen LogP contribution in [0, 0.1) is 5.92 Å². The fraction of sp³-hybridized carbons (Fsp3) is 0.421. The minimum absolute atomic E-state index is 0.132. The van der Waals surface area contributed by atoms with E-state index in [4.69, 9.17) is 9.47 Å². The first-order valence-electron chi connectivity index (χ1n) is 8.70. The van der Waals surface area contributed by atoms with Crippen molar-refractivity contribution in [3.8, 4) is 22.1 Å². The highest BCUT2D eigenvalue weighted by atomic mass is 32.1. The number of hydrogen-bond acceptors (Lipinski definition) is 6. The van der Waals surface area contributed by atoms with Crippen molar-refractivity contribution < 1.29 is 24.2 Å². The fourth-order valence-corrected chi connectivity index (χ4v) is 4.16. The monoisotopic (exact) mass is 390 g/mol. The van der Waals surface area contributed by atoms with E-state index in [-0.39, 0.29) is 18.4 Å². The third-order valence-electron chi connectivity index (χ3n) is 4.70. The number of carboxylic acids is 1. The number of carbonyl (C=O) groups excluding carboxylic acids is 1. The molecule has 1 saturated carbocycles. The van der Waals surface area contributed by atoms with Gasteiger partial charge in [-0.1, -0.05) is 6.42 Å². The van der Waals surface area contributed by atoms with Crippen LogP contribution in [0.5, 0.6) is 11.5 Å². The van der Waals surface area contributed by atoms with Gasteiger partial charge in [0.15, 0.2) is 11.5 Å². The summed E-state index contributed by atoms with van der Waals surface area (Å²) in [7, 11) is 3.16. The Labute approximate surface area is 161 Å². The van der Waals surface area contributed by atoms with Gasteiger partial charge in [-0.2, -0.15) is 0 Å². The summed E-state index contributed by atoms with van der Waals surface area (Å²) < 4.78 is 10.6. The summed E-state index contributed by atoms with van der Waals surface area (Å²) >= 11 is 1.44. The van der Waals surface area contributed by atoms with Gasteiger partial charge in [-0.15, -0.1) is 11.3 Å². The van der Waals surface area contributed by atoms with Crippen molar-refractivity contribution in [2.75, 3.05) is 14.2 Å². The maximum atomic E-state index is 12.3. The van der Waals surface area contributed by atoms with Gasteiger partial charge in [0.05, 0.1) is 32.3 Å². The van der Waals surface area contributed by atoms with Crippen molar-refractivity contribution in [1.82, 2.24) is 10.3 Å². The number of rotatable bonds is 7. The average molecular weight is 390 g/mol. The summed E-state index contributed by atoms with van der Waals surface area (Å²) in [5, 5.41) is 14.7. The molecule has 0 saturated heterocycles. The van der Waals surface area contributed by atoms with Gasteiger partial charge in [0.25, 0.3) is 0 Å². The second kappa shape index (κ2) is 8.39. The molecule has 1 fully saturated rings. The number of hydrogen-bond donors (Lipinski definition) is 2. The Balaban J connectivity index is 1.66. The molecule has 1 aromatic heterocycles. The van der Waals surface area contributed by atoms with Crippen LogP contribution in [0.15, 0.2) is 23.6 Å². The predicted molar refractivity (Wildman–Crippen MR) is 101 cm³/mol. The van der Waals surface area contributed by atoms with E-state index < -0.39 is 11.9 Å². The number of methoxy groups -OCH3 is 2. The van der Waals surface area contributed by atoms with E-state index in [1.165, 1.54) is 11.3 Å². The molecule has 7 nitrogen and oxygen atoms in total. The standard InChI is InChI=1S/C19H22N2O5S/c1-25-15-7-6-11(8-16(15)26-2)18-20-12(10-27-18)9-17(22)21-14-5-3-4-13(14)19(23)24/h6-8,10,13-14H,3-5,9H2,1-2H3,(H,21,22)(H,23,24)/t13-,14+/m0/s1. The molecule has 0 radical (unpaired) electrons. The van der Waals surface area contributed by atoms with Crippen LogP contribution in [0.1, 0.15) is 25.0 Å². The second-order valence-electron chi connectivity index (χ2n) is 6.44. The highest BCUT2D eigenvalue weighted by Gasteiger charge is 2.33. The molecule has 1 amide bonds. The van der Waals surface area contributed by atoms with E-state index in [9.17, 15) is 14.7 Å². The van der Waals surface area contributed by atoms with E-state index in [2.05, 4.69) is 10.3 Å². The molecule has 2 N–H and O–H groups in total. The van der Waals surface area contributed by atoms with Crippen LogP contribution < -0.4 is 14.8 Å². The molecule has 0 unspecified atom stereocenters. The first kappa shape index (κ1) is 19.2. The van der Waals surface area contributed by atoms with Crippen LogP contribution in [0.3, 0.4) is 0 Å². The van der Waals surface area contributed by atoms with Crippen LogP contribution in [-0.2, 0) is 16.0 Å². The zero-order chi connectivity index (χ0) is 19.4. The Morgan fingerprint density at radius 3 is 2.74 bits per heavy atom. The molecule has 2 aromatic rings. The Morgan fingerprint density at radius 1 is 1.26 bits per heavy atom. The van der Waals surface area contributed by atoms with E-state index >= 15 is 0 Å². The second-order valence-corrected chi connectivity index (χ2v) is 7.30. The summed E-state index contributed by atoms with van der Waals surface area (Å²) in [4.78, 5) is 28.0. The summed E-state index contributed by atoms with van der Waals surface area (Å²) in [6.07, 6.45) is 2.27. The Morgan fingerprint density at radius 2 is 2.04 bits per heavy atom. The third-order valence-corrected chi connectivity index (χ3v) is 5.64. The number of carboxylic acid groups (broad SMARTS) is 1. The van der Waals surface area contributed by atoms with Gasteiger partial charge >= 0.3 is 5.97 Å². The molecular weight excluding hydrogens is 368 g/mol. The Hall–Kier alpha value is -2.61. The molecule has 3 rings (SSSR count). The van der Waals surface area contributed by atoms with Crippen LogP contribution >= 0.6 is 11.3 Å². The lowest BCUT2D eigenvalue weighted by Crippen LogP contribution is -2.40. The number of amides is 1. The van der Waals surface area contributed by atoms with E-state index in [1.807, 2.05) is 23.6 Å². The van der Waals surface area contributed by atoms with Gasteiger partial charge in [0.1, 0.15) is 5.01 Å². The van der Waals surface area contributed by atoms with Gasteiger partial charge < -0.3 is 19.9 Å². The lowest BCUT2D eigenvalue weighted by Gasteiger charge is -2.17. The molecule has 8 heteroatoms. The summed E-state index contributed by atoms with van der Waals surface area (Å²) in [6.45, 7) is 0. The van der Waals surface area contributed by atoms with Gasteiger partial charge in [0, 0.05) is 17.0 Å². The number of nitrogens with one attached hydrogen (secondary N) is 1. The number of aromatic nitrogens is 1. The maximum absolute atomic E-state index is 12.3. The topological polar surface area (TPSA) is 97.8 Å². The van der Waals surface area contributed by atoms with Gasteiger partial charge in [-0.05, 0) is 31.0 Å². The summed E-state index contributed by atoms with van der Waals surface area (Å²) in [5.74, 6) is -0.279. The van der Waals surface area contributed by atoms with Crippen molar-refractivity contribution in [3.05, 3.63) is 29.3 Å². The fourth-order valence-electron chi connectivity index (χ4n) is 3.34. The van der Waals surface area contributed by atoms with Gasteiger partial charge in [0.2, 0.25) is 5.91 Å². The normalized spacial score (nSPS) is 18.9. The number of ether oxygens (including phenoxy) is 2. The van der Waals surface area contributed by atoms with Crippen molar-refractivity contribution in [2.45, 2.75) is 31.7 Å². The summed E-state index contributed by atoms with van der Waals surface area (Å²) in [5.41, 5.74) is 1.54. The highest BCUT2D eigenvalue weighted by molar-refractivity contribution is 7.13. The average Bonchev–Trinajstić information content (AvgIpc) is 3.30. The molecule has 1 aromatic carbocycles. The third kappa shape index (κ3) is 4.39. The van der Waals surface area contributed by atoms with Gasteiger partial charge in [-0.25, -0.2) is 4.98 Å². The molecular formula is C19H22N2O5S. The molecule has 27 heavy (non-hydrogen) atoms. The molecule has 0 bridgehead atoms. The van der Waals surface area contributed by atoms with Crippen LogP contribution in [0.2, 0.25) is 0 Å². The lowest BCUT2D eigenvalue weighted by molar-refractivity contribution is -0.142. The Bertz CT molecular complexity index is 835. The Kier molecular flexibility index (Phi) is 5.95. The maximum Gasteiger partial charge on any atom is 0.308 e. The number of thiazole rings is 1. The lowest BCUT2D eigenvalue weighted by atomic mass is 10.0. The van der Waals surface area contributed by atoms with E-state index in [0.717, 1.165) is 17.0 Å². The van der Waals surface area contributed by atoms with Crippen molar-refractivity contribution in [2.24, 2.45) is 5.92 Å². The molecule has 0 spiro atoms. The smallest absolute Gasteiger partial charge is 0.308 e. The number of aliphatic carboxylic acids is 1. The largest absolute Gasteiger partial charge is 0.493 e.